The van der Waals surface area contributed by atoms with E-state index in [4.69, 9.17) is 4.74 Å². The van der Waals surface area contributed by atoms with Gasteiger partial charge in [-0.15, -0.1) is 0 Å². The molecule has 70 valence electrons. The first-order valence-corrected chi connectivity index (χ1v) is 4.08. The average Bonchev–Trinajstić information content (AvgIpc) is 2.28. The van der Waals surface area contributed by atoms with Gasteiger partial charge in [0.2, 0.25) is 5.91 Å². The molecule has 0 aromatic carbocycles. The molecule has 0 aromatic heterocycles. The van der Waals surface area contributed by atoms with E-state index in [2.05, 4.69) is 10.3 Å². The molecule has 0 aromatic rings. The second kappa shape index (κ2) is 2.38. The monoisotopic (exact) mass is 182 g/mol. The lowest BCUT2D eigenvalue weighted by Crippen LogP contribution is -2.46. The summed E-state index contributed by atoms with van der Waals surface area (Å²) >= 11 is 0. The highest BCUT2D eigenvalue weighted by atomic mass is 16.5. The predicted molar refractivity (Wildman–Crippen MR) is 44.5 cm³/mol. The van der Waals surface area contributed by atoms with Crippen LogP contribution in [0.5, 0.6) is 0 Å². The maximum absolute atomic E-state index is 11.3. The van der Waals surface area contributed by atoms with Crippen molar-refractivity contribution in [3.8, 4) is 0 Å². The van der Waals surface area contributed by atoms with Crippen molar-refractivity contribution in [1.82, 2.24) is 5.32 Å². The van der Waals surface area contributed by atoms with Crippen molar-refractivity contribution in [2.75, 3.05) is 6.61 Å². The van der Waals surface area contributed by atoms with Crippen molar-refractivity contribution in [1.29, 1.82) is 0 Å². The third kappa shape index (κ3) is 1.16. The van der Waals surface area contributed by atoms with Gasteiger partial charge >= 0.3 is 6.03 Å². The van der Waals surface area contributed by atoms with Crippen LogP contribution in [-0.2, 0) is 9.53 Å². The second-order valence-electron chi connectivity index (χ2n) is 3.67. The molecule has 0 aliphatic carbocycles. The summed E-state index contributed by atoms with van der Waals surface area (Å²) in [5.74, 6) is -0.687. The van der Waals surface area contributed by atoms with Crippen molar-refractivity contribution in [3.63, 3.8) is 0 Å². The van der Waals surface area contributed by atoms with Crippen molar-refractivity contribution in [2.24, 2.45) is 10.9 Å². The number of fused-ring (bicyclic) bond motifs is 1. The van der Waals surface area contributed by atoms with Gasteiger partial charge in [0.1, 0.15) is 11.5 Å². The zero-order valence-corrected chi connectivity index (χ0v) is 7.46. The number of aliphatic imine (C=N–C) groups is 1. The average molecular weight is 182 g/mol. The van der Waals surface area contributed by atoms with E-state index in [0.717, 1.165) is 0 Å². The van der Waals surface area contributed by atoms with Gasteiger partial charge in [0.15, 0.2) is 0 Å². The molecule has 0 spiro atoms. The molecular weight excluding hydrogens is 172 g/mol. The lowest BCUT2D eigenvalue weighted by Gasteiger charge is -2.21. The molecule has 5 nitrogen and oxygen atoms in total. The molecule has 1 atom stereocenters. The number of carbonyl (C=O) groups is 2. The lowest BCUT2D eigenvalue weighted by molar-refractivity contribution is -0.122. The smallest absolute Gasteiger partial charge is 0.347 e. The summed E-state index contributed by atoms with van der Waals surface area (Å²) < 4.78 is 5.36. The summed E-state index contributed by atoms with van der Waals surface area (Å²) in [6.07, 6.45) is 0. The highest BCUT2D eigenvalue weighted by Crippen LogP contribution is 2.28. The van der Waals surface area contributed by atoms with Gasteiger partial charge in [0.05, 0.1) is 12.3 Å². The Bertz CT molecular complexity index is 319. The Hall–Kier alpha value is -1.23. The van der Waals surface area contributed by atoms with Gasteiger partial charge in [-0.2, -0.15) is 4.99 Å². The van der Waals surface area contributed by atoms with E-state index in [-0.39, 0.29) is 11.8 Å². The maximum Gasteiger partial charge on any atom is 0.347 e. The Kier molecular flexibility index (Phi) is 1.53. The summed E-state index contributed by atoms with van der Waals surface area (Å²) in [7, 11) is 0. The highest BCUT2D eigenvalue weighted by molar-refractivity contribution is 6.19. The number of carbonyl (C=O) groups excluding carboxylic acids is 2. The van der Waals surface area contributed by atoms with Crippen LogP contribution >= 0.6 is 0 Å². The summed E-state index contributed by atoms with van der Waals surface area (Å²) in [5, 5.41) is 2.14. The summed E-state index contributed by atoms with van der Waals surface area (Å²) in [6.45, 7) is 3.92. The number of urea groups is 1. The van der Waals surface area contributed by atoms with Crippen LogP contribution in [0.4, 0.5) is 4.79 Å². The highest BCUT2D eigenvalue weighted by Gasteiger charge is 2.46. The van der Waals surface area contributed by atoms with Crippen LogP contribution in [0, 0.1) is 5.92 Å². The number of hydrogen-bond acceptors (Lipinski definition) is 3. The molecule has 0 radical (unpaired) electrons. The van der Waals surface area contributed by atoms with E-state index >= 15 is 0 Å². The molecule has 0 bridgehead atoms. The molecule has 2 heterocycles. The Balaban J connectivity index is 2.43. The SMILES string of the molecule is CC1(C)OCC2C(=O)NC(=O)N=C21. The number of nitrogens with one attached hydrogen (secondary N) is 1. The standard InChI is InChI=1S/C8H10N2O3/c1-8(2)5-4(3-13-8)6(11)10-7(12)9-5/h4H,3H2,1-2H3,(H,10,11,12). The number of hydrogen-bond donors (Lipinski definition) is 1. The van der Waals surface area contributed by atoms with E-state index in [0.29, 0.717) is 12.3 Å². The Labute approximate surface area is 75.2 Å². The quantitative estimate of drug-likeness (QED) is 0.577. The van der Waals surface area contributed by atoms with E-state index in [1.54, 1.807) is 13.8 Å². The molecule has 13 heavy (non-hydrogen) atoms. The minimum absolute atomic E-state index is 0.305. The molecule has 0 saturated carbocycles. The fourth-order valence-electron chi connectivity index (χ4n) is 1.61. The molecule has 1 fully saturated rings. The number of ether oxygens (including phenoxy) is 1. The van der Waals surface area contributed by atoms with E-state index in [1.807, 2.05) is 0 Å². The van der Waals surface area contributed by atoms with Gasteiger partial charge in [-0.05, 0) is 13.8 Å². The number of rotatable bonds is 0. The zero-order chi connectivity index (χ0) is 9.64. The van der Waals surface area contributed by atoms with Gasteiger partial charge in [0.25, 0.3) is 0 Å². The van der Waals surface area contributed by atoms with Crippen molar-refractivity contribution >= 4 is 17.6 Å². The molecular formula is C8H10N2O3. The molecule has 5 heteroatoms. The van der Waals surface area contributed by atoms with Crippen LogP contribution in [0.15, 0.2) is 4.99 Å². The van der Waals surface area contributed by atoms with Gasteiger partial charge in [-0.25, -0.2) is 4.79 Å². The van der Waals surface area contributed by atoms with Crippen LogP contribution in [0.1, 0.15) is 13.8 Å². The lowest BCUT2D eigenvalue weighted by atomic mass is 9.93. The topological polar surface area (TPSA) is 67.8 Å². The molecule has 2 rings (SSSR count). The van der Waals surface area contributed by atoms with Crippen LogP contribution in [0.25, 0.3) is 0 Å². The van der Waals surface area contributed by atoms with E-state index in [1.165, 1.54) is 0 Å². The maximum atomic E-state index is 11.3. The van der Waals surface area contributed by atoms with Gasteiger partial charge in [-0.3, -0.25) is 10.1 Å². The van der Waals surface area contributed by atoms with Crippen LogP contribution in [-0.4, -0.2) is 29.9 Å². The fraction of sp³-hybridized carbons (Fsp3) is 0.625. The number of amides is 3. The number of imide groups is 1. The summed E-state index contributed by atoms with van der Waals surface area (Å²) in [5.41, 5.74) is -0.0424. The van der Waals surface area contributed by atoms with Crippen molar-refractivity contribution < 1.29 is 14.3 Å². The predicted octanol–water partition coefficient (Wildman–Crippen LogP) is 0.102. The fourth-order valence-corrected chi connectivity index (χ4v) is 1.61. The molecule has 2 aliphatic heterocycles. The first kappa shape index (κ1) is 8.37. The Morgan fingerprint density at radius 3 is 2.92 bits per heavy atom. The van der Waals surface area contributed by atoms with Gasteiger partial charge in [0, 0.05) is 0 Å². The van der Waals surface area contributed by atoms with Crippen LogP contribution < -0.4 is 5.32 Å². The third-order valence-corrected chi connectivity index (χ3v) is 2.33. The van der Waals surface area contributed by atoms with Gasteiger partial charge < -0.3 is 4.74 Å². The van der Waals surface area contributed by atoms with Crippen LogP contribution in [0.3, 0.4) is 0 Å². The summed E-state index contributed by atoms with van der Waals surface area (Å²) in [6, 6.07) is -0.588. The first-order chi connectivity index (χ1) is 6.00. The van der Waals surface area contributed by atoms with E-state index in [9.17, 15) is 9.59 Å². The minimum atomic E-state index is -0.588. The normalized spacial score (nSPS) is 30.9. The molecule has 3 amide bonds. The first-order valence-electron chi connectivity index (χ1n) is 4.08. The van der Waals surface area contributed by atoms with E-state index < -0.39 is 11.6 Å². The van der Waals surface area contributed by atoms with Gasteiger partial charge in [-0.1, -0.05) is 0 Å². The van der Waals surface area contributed by atoms with Crippen molar-refractivity contribution in [2.45, 2.75) is 19.4 Å². The molecule has 1 N–H and O–H groups in total. The minimum Gasteiger partial charge on any atom is -0.368 e. The Morgan fingerprint density at radius 1 is 1.54 bits per heavy atom. The van der Waals surface area contributed by atoms with Crippen LogP contribution in [0.2, 0.25) is 0 Å². The molecule has 1 unspecified atom stereocenters. The largest absolute Gasteiger partial charge is 0.368 e. The third-order valence-electron chi connectivity index (χ3n) is 2.33. The van der Waals surface area contributed by atoms with Crippen molar-refractivity contribution in [3.05, 3.63) is 0 Å². The second-order valence-corrected chi connectivity index (χ2v) is 3.67. The zero-order valence-electron chi connectivity index (χ0n) is 7.46. The number of nitrogens with zero attached hydrogens (tertiary/aromatic N) is 1. The molecule has 1 saturated heterocycles. The summed E-state index contributed by atoms with van der Waals surface area (Å²) in [4.78, 5) is 26.0. The Morgan fingerprint density at radius 2 is 2.23 bits per heavy atom. The molecule has 2 aliphatic rings.